The fourth-order valence-corrected chi connectivity index (χ4v) is 3.66. The van der Waals surface area contributed by atoms with Crippen LogP contribution in [-0.2, 0) is 0 Å². The third kappa shape index (κ3) is 3.55. The lowest BCUT2D eigenvalue weighted by atomic mass is 9.91. The summed E-state index contributed by atoms with van der Waals surface area (Å²) in [5, 5.41) is 0. The molecule has 0 aliphatic heterocycles. The SMILES string of the molecule is COc1nccc(-c2c(-c3ccc(F)cc3)ncn2C2CCC(N)CC2)n1. The molecular weight excluding hydrogens is 345 g/mol. The molecule has 3 aromatic rings. The molecule has 0 unspecified atom stereocenters. The van der Waals surface area contributed by atoms with Crippen molar-refractivity contribution in [3.63, 3.8) is 0 Å². The van der Waals surface area contributed by atoms with Gasteiger partial charge in [-0.2, -0.15) is 4.98 Å². The fourth-order valence-electron chi connectivity index (χ4n) is 3.66. The molecule has 6 nitrogen and oxygen atoms in total. The first-order valence-electron chi connectivity index (χ1n) is 9.11. The molecule has 2 N–H and O–H groups in total. The summed E-state index contributed by atoms with van der Waals surface area (Å²) < 4.78 is 20.8. The monoisotopic (exact) mass is 367 g/mol. The average Bonchev–Trinajstić information content (AvgIpc) is 3.14. The van der Waals surface area contributed by atoms with Gasteiger partial charge in [-0.3, -0.25) is 0 Å². The quantitative estimate of drug-likeness (QED) is 0.762. The summed E-state index contributed by atoms with van der Waals surface area (Å²) in [5.74, 6) is -0.273. The first-order chi connectivity index (χ1) is 13.2. The van der Waals surface area contributed by atoms with E-state index in [4.69, 9.17) is 10.5 Å². The van der Waals surface area contributed by atoms with E-state index in [1.165, 1.54) is 12.1 Å². The van der Waals surface area contributed by atoms with Crippen LogP contribution in [0.3, 0.4) is 0 Å². The van der Waals surface area contributed by atoms with E-state index in [2.05, 4.69) is 19.5 Å². The smallest absolute Gasteiger partial charge is 0.316 e. The van der Waals surface area contributed by atoms with Gasteiger partial charge in [-0.25, -0.2) is 14.4 Å². The van der Waals surface area contributed by atoms with E-state index in [9.17, 15) is 4.39 Å². The number of nitrogens with two attached hydrogens (primary N) is 1. The highest BCUT2D eigenvalue weighted by Gasteiger charge is 2.25. The number of nitrogens with zero attached hydrogens (tertiary/aromatic N) is 4. The molecule has 0 atom stereocenters. The van der Waals surface area contributed by atoms with Crippen molar-refractivity contribution in [1.29, 1.82) is 0 Å². The number of imidazole rings is 1. The maximum Gasteiger partial charge on any atom is 0.316 e. The number of hydrogen-bond acceptors (Lipinski definition) is 5. The van der Waals surface area contributed by atoms with Crippen LogP contribution in [0.4, 0.5) is 4.39 Å². The van der Waals surface area contributed by atoms with E-state index in [-0.39, 0.29) is 11.9 Å². The molecule has 4 rings (SSSR count). The Morgan fingerprint density at radius 2 is 1.81 bits per heavy atom. The van der Waals surface area contributed by atoms with Gasteiger partial charge in [-0.1, -0.05) is 0 Å². The van der Waals surface area contributed by atoms with Crippen molar-refractivity contribution in [2.45, 2.75) is 37.8 Å². The minimum atomic E-state index is -0.273. The molecule has 1 aromatic carbocycles. The van der Waals surface area contributed by atoms with Gasteiger partial charge in [0.2, 0.25) is 0 Å². The van der Waals surface area contributed by atoms with Gasteiger partial charge >= 0.3 is 6.01 Å². The van der Waals surface area contributed by atoms with Crippen LogP contribution in [0.5, 0.6) is 6.01 Å². The van der Waals surface area contributed by atoms with Crippen molar-refractivity contribution >= 4 is 0 Å². The third-order valence-electron chi connectivity index (χ3n) is 5.10. The van der Waals surface area contributed by atoms with Crippen molar-refractivity contribution in [1.82, 2.24) is 19.5 Å². The molecule has 1 aliphatic rings. The average molecular weight is 367 g/mol. The Hall–Kier alpha value is -2.80. The van der Waals surface area contributed by atoms with E-state index in [1.54, 1.807) is 25.4 Å². The first kappa shape index (κ1) is 17.6. The summed E-state index contributed by atoms with van der Waals surface area (Å²) in [6, 6.07) is 9.08. The zero-order valence-corrected chi connectivity index (χ0v) is 15.2. The number of methoxy groups -OCH3 is 1. The van der Waals surface area contributed by atoms with Gasteiger partial charge in [0, 0.05) is 23.8 Å². The summed E-state index contributed by atoms with van der Waals surface area (Å²) in [4.78, 5) is 13.3. The Balaban J connectivity index is 1.83. The molecule has 140 valence electrons. The molecular formula is C20H22FN5O. The van der Waals surface area contributed by atoms with Crippen LogP contribution in [0.2, 0.25) is 0 Å². The molecule has 0 saturated heterocycles. The van der Waals surface area contributed by atoms with Gasteiger partial charge < -0.3 is 15.0 Å². The highest BCUT2D eigenvalue weighted by Crippen LogP contribution is 2.37. The lowest BCUT2D eigenvalue weighted by Gasteiger charge is -2.28. The van der Waals surface area contributed by atoms with Crippen molar-refractivity contribution in [3.05, 3.63) is 48.7 Å². The second kappa shape index (κ2) is 7.44. The topological polar surface area (TPSA) is 78.9 Å². The maximum absolute atomic E-state index is 13.4. The lowest BCUT2D eigenvalue weighted by Crippen LogP contribution is -2.27. The number of aromatic nitrogens is 4. The second-order valence-corrected chi connectivity index (χ2v) is 6.85. The van der Waals surface area contributed by atoms with Crippen molar-refractivity contribution in [3.8, 4) is 28.7 Å². The first-order valence-corrected chi connectivity index (χ1v) is 9.11. The molecule has 7 heteroatoms. The normalized spacial score (nSPS) is 19.8. The van der Waals surface area contributed by atoms with Crippen LogP contribution in [-0.4, -0.2) is 32.7 Å². The van der Waals surface area contributed by atoms with Crippen LogP contribution >= 0.6 is 0 Å². The molecule has 2 heterocycles. The van der Waals surface area contributed by atoms with Crippen LogP contribution in [0, 0.1) is 5.82 Å². The van der Waals surface area contributed by atoms with E-state index < -0.39 is 0 Å². The van der Waals surface area contributed by atoms with E-state index in [0.717, 1.165) is 48.3 Å². The standard InChI is InChI=1S/C20H22FN5O/c1-27-20-23-11-10-17(25-20)19-18(13-2-4-14(21)5-3-13)24-12-26(19)16-8-6-15(22)7-9-16/h2-5,10-12,15-16H,6-9,22H2,1H3. The highest BCUT2D eigenvalue weighted by atomic mass is 19.1. The predicted octanol–water partition coefficient (Wildman–Crippen LogP) is 3.60. The fraction of sp³-hybridized carbons (Fsp3) is 0.350. The highest BCUT2D eigenvalue weighted by molar-refractivity contribution is 5.77. The van der Waals surface area contributed by atoms with Gasteiger partial charge in [0.15, 0.2) is 0 Å². The Morgan fingerprint density at radius 1 is 1.07 bits per heavy atom. The molecule has 0 bridgehead atoms. The molecule has 0 amide bonds. The van der Waals surface area contributed by atoms with Gasteiger partial charge in [0.05, 0.1) is 30.5 Å². The van der Waals surface area contributed by atoms with Gasteiger partial charge in [-0.05, 0) is 56.0 Å². The van der Waals surface area contributed by atoms with Crippen LogP contribution in [0.15, 0.2) is 42.9 Å². The predicted molar refractivity (Wildman–Crippen MR) is 101 cm³/mol. The maximum atomic E-state index is 13.4. The van der Waals surface area contributed by atoms with Crippen molar-refractivity contribution < 1.29 is 9.13 Å². The van der Waals surface area contributed by atoms with Crippen molar-refractivity contribution in [2.75, 3.05) is 7.11 Å². The number of ether oxygens (including phenoxy) is 1. The van der Waals surface area contributed by atoms with Gasteiger partial charge in [0.1, 0.15) is 5.82 Å². The Kier molecular flexibility index (Phi) is 4.85. The zero-order chi connectivity index (χ0) is 18.8. The minimum Gasteiger partial charge on any atom is -0.467 e. The molecule has 1 aliphatic carbocycles. The Labute approximate surface area is 157 Å². The Bertz CT molecular complexity index is 916. The van der Waals surface area contributed by atoms with Crippen molar-refractivity contribution in [2.24, 2.45) is 5.73 Å². The molecule has 0 radical (unpaired) electrons. The molecule has 1 fully saturated rings. The van der Waals surface area contributed by atoms with Crippen LogP contribution in [0.25, 0.3) is 22.6 Å². The minimum absolute atomic E-state index is 0.268. The lowest BCUT2D eigenvalue weighted by molar-refractivity contribution is 0.325. The summed E-state index contributed by atoms with van der Waals surface area (Å²) in [7, 11) is 1.54. The third-order valence-corrected chi connectivity index (χ3v) is 5.10. The zero-order valence-electron chi connectivity index (χ0n) is 15.2. The van der Waals surface area contributed by atoms with Crippen LogP contribution < -0.4 is 10.5 Å². The molecule has 2 aromatic heterocycles. The summed E-state index contributed by atoms with van der Waals surface area (Å²) in [6.45, 7) is 0. The van der Waals surface area contributed by atoms with E-state index in [1.807, 2.05) is 12.4 Å². The largest absolute Gasteiger partial charge is 0.467 e. The number of rotatable bonds is 4. The van der Waals surface area contributed by atoms with Gasteiger partial charge in [-0.15, -0.1) is 0 Å². The number of hydrogen-bond donors (Lipinski definition) is 1. The summed E-state index contributed by atoms with van der Waals surface area (Å²) in [5.41, 5.74) is 9.31. The Morgan fingerprint density at radius 3 is 2.52 bits per heavy atom. The van der Waals surface area contributed by atoms with Crippen LogP contribution in [0.1, 0.15) is 31.7 Å². The van der Waals surface area contributed by atoms with E-state index >= 15 is 0 Å². The summed E-state index contributed by atoms with van der Waals surface area (Å²) in [6.07, 6.45) is 7.49. The van der Waals surface area contributed by atoms with Gasteiger partial charge in [0.25, 0.3) is 0 Å². The summed E-state index contributed by atoms with van der Waals surface area (Å²) >= 11 is 0. The number of halogens is 1. The number of benzene rings is 1. The molecule has 1 saturated carbocycles. The second-order valence-electron chi connectivity index (χ2n) is 6.85. The van der Waals surface area contributed by atoms with E-state index in [0.29, 0.717) is 12.1 Å². The molecule has 27 heavy (non-hydrogen) atoms. The molecule has 0 spiro atoms.